The summed E-state index contributed by atoms with van der Waals surface area (Å²) in [7, 11) is 7.93. The van der Waals surface area contributed by atoms with Crippen LogP contribution >= 0.6 is 21.6 Å². The number of hydrogen-bond donors (Lipinski definition) is 0. The van der Waals surface area contributed by atoms with E-state index in [0.717, 1.165) is 35.3 Å². The van der Waals surface area contributed by atoms with Gasteiger partial charge in [0.25, 0.3) is 0 Å². The van der Waals surface area contributed by atoms with E-state index >= 15 is 0 Å². The third-order valence-corrected chi connectivity index (χ3v) is 9.13. The van der Waals surface area contributed by atoms with Gasteiger partial charge >= 0.3 is 5.95 Å². The first-order chi connectivity index (χ1) is 16.6. The molecule has 7 heteroatoms. The Bertz CT molecular complexity index is 1080. The highest BCUT2D eigenvalue weighted by Gasteiger charge is 2.16. The van der Waals surface area contributed by atoms with E-state index in [9.17, 15) is 4.79 Å². The summed E-state index contributed by atoms with van der Waals surface area (Å²) in [5.74, 6) is 2.44. The summed E-state index contributed by atoms with van der Waals surface area (Å²) in [6, 6.07) is 16.7. The Kier molecular flexibility index (Phi) is 8.99. The minimum atomic E-state index is 0.356. The Morgan fingerprint density at radius 2 is 1.74 bits per heavy atom. The molecule has 5 nitrogen and oxygen atoms in total. The molecule has 2 heterocycles. The number of aryl methyl sites for hydroxylation is 2. The zero-order valence-corrected chi connectivity index (χ0v) is 21.7. The maximum Gasteiger partial charge on any atom is 0.421 e. The summed E-state index contributed by atoms with van der Waals surface area (Å²) >= 11 is 0. The summed E-state index contributed by atoms with van der Waals surface area (Å²) in [5.41, 5.74) is 4.42. The number of aromatic nitrogens is 2. The minimum Gasteiger partial charge on any atom is -0.299 e. The quantitative estimate of drug-likeness (QED) is 0.130. The van der Waals surface area contributed by atoms with Crippen molar-refractivity contribution in [3.63, 3.8) is 0 Å². The van der Waals surface area contributed by atoms with Crippen molar-refractivity contribution in [1.82, 2.24) is 4.57 Å². The van der Waals surface area contributed by atoms with Crippen molar-refractivity contribution in [2.75, 3.05) is 5.75 Å². The summed E-state index contributed by atoms with van der Waals surface area (Å²) in [6.07, 6.45) is 10.8. The molecule has 0 amide bonds. The van der Waals surface area contributed by atoms with E-state index in [-0.39, 0.29) is 0 Å². The highest BCUT2D eigenvalue weighted by molar-refractivity contribution is 8.77. The van der Waals surface area contributed by atoms with Gasteiger partial charge in [-0.2, -0.15) is 0 Å². The van der Waals surface area contributed by atoms with Gasteiger partial charge in [-0.05, 0) is 54.5 Å². The van der Waals surface area contributed by atoms with Crippen molar-refractivity contribution in [1.29, 1.82) is 0 Å². The third kappa shape index (κ3) is 7.31. The molecule has 1 saturated heterocycles. The van der Waals surface area contributed by atoms with Crippen molar-refractivity contribution in [2.45, 2.75) is 50.2 Å². The molecule has 0 spiro atoms. The lowest BCUT2D eigenvalue weighted by molar-refractivity contribution is -0.657. The van der Waals surface area contributed by atoms with Crippen molar-refractivity contribution >= 4 is 39.0 Å². The van der Waals surface area contributed by atoms with E-state index in [4.69, 9.17) is 0 Å². The average Bonchev–Trinajstić information content (AvgIpc) is 3.47. The van der Waals surface area contributed by atoms with Crippen LogP contribution in [0.5, 0.6) is 0 Å². The van der Waals surface area contributed by atoms with Gasteiger partial charge in [0.2, 0.25) is 0 Å². The predicted molar refractivity (Wildman–Crippen MR) is 142 cm³/mol. The van der Waals surface area contributed by atoms with E-state index in [1.165, 1.54) is 36.1 Å². The number of azo groups is 1. The molecule has 34 heavy (non-hydrogen) atoms. The maximum atomic E-state index is 12.4. The van der Waals surface area contributed by atoms with Crippen molar-refractivity contribution in [2.24, 2.45) is 24.3 Å². The number of Topliss-reactive ketones (excluding diaryl/α,β-unsaturated/α-hetero) is 1. The number of benzene rings is 2. The summed E-state index contributed by atoms with van der Waals surface area (Å²) in [6.45, 7) is 0. The topological polar surface area (TPSA) is 50.6 Å². The van der Waals surface area contributed by atoms with Crippen LogP contribution < -0.4 is 4.57 Å². The fourth-order valence-electron chi connectivity index (χ4n) is 4.09. The fraction of sp³-hybridized carbons (Fsp3) is 0.407. The monoisotopic (exact) mass is 493 g/mol. The molecular weight excluding hydrogens is 460 g/mol. The summed E-state index contributed by atoms with van der Waals surface area (Å²) in [4.78, 5) is 12.4. The second-order valence-electron chi connectivity index (χ2n) is 8.97. The van der Waals surface area contributed by atoms with Crippen molar-refractivity contribution in [3.05, 3.63) is 77.6 Å². The van der Waals surface area contributed by atoms with E-state index in [1.54, 1.807) is 0 Å². The van der Waals surface area contributed by atoms with E-state index in [0.29, 0.717) is 18.6 Å². The number of carbonyl (C=O) groups is 1. The Hall–Kier alpha value is -2.38. The number of unbranched alkanes of at least 4 members (excludes halogenated alkanes) is 1. The first-order valence-electron chi connectivity index (χ1n) is 12.0. The lowest BCUT2D eigenvalue weighted by atomic mass is 10.00. The SMILES string of the molecule is Cn1cc[n+](C)c1N=Nc1ccc(Cc2ccc(CC(=O)CCCCC3CCSS3)cc2)cc1. The lowest BCUT2D eigenvalue weighted by Crippen LogP contribution is -2.25. The number of carbonyl (C=O) groups excluding carboxylic acids is 1. The van der Waals surface area contributed by atoms with Crippen LogP contribution in [0.4, 0.5) is 11.6 Å². The Morgan fingerprint density at radius 3 is 2.38 bits per heavy atom. The van der Waals surface area contributed by atoms with Gasteiger partial charge < -0.3 is 0 Å². The van der Waals surface area contributed by atoms with Crippen LogP contribution in [0, 0.1) is 0 Å². The summed E-state index contributed by atoms with van der Waals surface area (Å²) in [5, 5.41) is 9.51. The molecule has 1 aromatic heterocycles. The van der Waals surface area contributed by atoms with Gasteiger partial charge in [-0.15, -0.1) is 0 Å². The average molecular weight is 494 g/mol. The summed E-state index contributed by atoms with van der Waals surface area (Å²) < 4.78 is 3.87. The zero-order valence-electron chi connectivity index (χ0n) is 20.0. The lowest BCUT2D eigenvalue weighted by Gasteiger charge is -2.07. The number of hydrogen-bond acceptors (Lipinski definition) is 5. The van der Waals surface area contributed by atoms with E-state index in [1.807, 2.05) is 69.3 Å². The molecular formula is C27H33N4OS2+. The molecule has 1 unspecified atom stereocenters. The molecule has 0 N–H and O–H groups in total. The van der Waals surface area contributed by atoms with Crippen molar-refractivity contribution < 1.29 is 9.36 Å². The fourth-order valence-corrected chi connectivity index (χ4v) is 7.12. The predicted octanol–water partition coefficient (Wildman–Crippen LogP) is 6.68. The molecule has 2 aromatic carbocycles. The van der Waals surface area contributed by atoms with E-state index < -0.39 is 0 Å². The molecule has 1 atom stereocenters. The number of ketones is 1. The van der Waals surface area contributed by atoms with Crippen LogP contribution in [0.15, 0.2) is 71.2 Å². The molecule has 0 radical (unpaired) electrons. The highest BCUT2D eigenvalue weighted by atomic mass is 33.1. The molecule has 1 aliphatic heterocycles. The largest absolute Gasteiger partial charge is 0.421 e. The Morgan fingerprint density at radius 1 is 1.03 bits per heavy atom. The standard InChI is InChI=1S/C27H33N4OS2/c1-30-16-17-31(2)27(30)29-28-24-13-11-22(12-14-24)19-21-7-9-23(10-8-21)20-25(32)5-3-4-6-26-15-18-33-34-26/h7-14,16-17,26H,3-6,15,18-20H2,1-2H3/q+1. The van der Waals surface area contributed by atoms with Gasteiger partial charge in [-0.3, -0.25) is 4.79 Å². The maximum absolute atomic E-state index is 12.4. The zero-order chi connectivity index (χ0) is 23.8. The molecule has 0 saturated carbocycles. The number of imidazole rings is 1. The second kappa shape index (κ2) is 12.4. The van der Waals surface area contributed by atoms with Crippen molar-refractivity contribution in [3.8, 4) is 0 Å². The minimum absolute atomic E-state index is 0.356. The molecule has 0 aliphatic carbocycles. The molecule has 3 aromatic rings. The number of rotatable bonds is 11. The van der Waals surface area contributed by atoms with Crippen LogP contribution in [0.1, 0.15) is 48.8 Å². The molecule has 178 valence electrons. The molecule has 1 fully saturated rings. The Balaban J connectivity index is 1.22. The van der Waals surface area contributed by atoms with Gasteiger partial charge in [0.15, 0.2) is 0 Å². The van der Waals surface area contributed by atoms with Gasteiger partial charge in [0.1, 0.15) is 11.5 Å². The van der Waals surface area contributed by atoms with E-state index in [2.05, 4.69) is 46.6 Å². The molecule has 4 rings (SSSR count). The molecule has 0 bridgehead atoms. The third-order valence-electron chi connectivity index (χ3n) is 6.13. The van der Waals surface area contributed by atoms with Gasteiger partial charge in [-0.1, -0.05) is 69.5 Å². The van der Waals surface area contributed by atoms with Gasteiger partial charge in [-0.25, -0.2) is 9.13 Å². The smallest absolute Gasteiger partial charge is 0.299 e. The van der Waals surface area contributed by atoms with Crippen LogP contribution in [0.3, 0.4) is 0 Å². The van der Waals surface area contributed by atoms with Crippen LogP contribution in [-0.4, -0.2) is 21.4 Å². The van der Waals surface area contributed by atoms with Crippen LogP contribution in [0.25, 0.3) is 0 Å². The molecule has 1 aliphatic rings. The first-order valence-corrected chi connectivity index (χ1v) is 14.3. The van der Waals surface area contributed by atoms with Gasteiger partial charge in [0, 0.05) is 29.0 Å². The van der Waals surface area contributed by atoms with Gasteiger partial charge in [0.05, 0.1) is 26.5 Å². The van der Waals surface area contributed by atoms with Crippen LogP contribution in [-0.2, 0) is 31.7 Å². The highest BCUT2D eigenvalue weighted by Crippen LogP contribution is 2.39. The van der Waals surface area contributed by atoms with Crippen LogP contribution in [0.2, 0.25) is 0 Å². The first kappa shape index (κ1) is 24.7. The number of nitrogens with zero attached hydrogens (tertiary/aromatic N) is 4. The Labute approximate surface area is 210 Å². The second-order valence-corrected chi connectivity index (χ2v) is 11.8. The normalized spacial score (nSPS) is 15.9.